The van der Waals surface area contributed by atoms with Gasteiger partial charge in [0.25, 0.3) is 0 Å². The van der Waals surface area contributed by atoms with Crippen LogP contribution in [0.5, 0.6) is 0 Å². The largest absolute Gasteiger partial charge is 0.358 e. The first kappa shape index (κ1) is 22.7. The van der Waals surface area contributed by atoms with E-state index in [1.807, 2.05) is 18.3 Å². The first-order chi connectivity index (χ1) is 15.6. The molecule has 2 aromatic rings. The summed E-state index contributed by atoms with van der Waals surface area (Å²) in [4.78, 5) is 18.7. The lowest BCUT2D eigenvalue weighted by atomic mass is 9.92. The van der Waals surface area contributed by atoms with Crippen LogP contribution in [0, 0.1) is 11.8 Å². The van der Waals surface area contributed by atoms with Crippen molar-refractivity contribution in [2.24, 2.45) is 11.8 Å². The molecule has 4 rings (SSSR count). The summed E-state index contributed by atoms with van der Waals surface area (Å²) >= 11 is 5.54. The number of thiocarbonyl (C=S) groups is 1. The molecule has 8 heteroatoms. The molecule has 2 fully saturated rings. The minimum atomic E-state index is 0.521. The quantitative estimate of drug-likeness (QED) is 0.652. The minimum Gasteiger partial charge on any atom is -0.358 e. The summed E-state index contributed by atoms with van der Waals surface area (Å²) in [5.41, 5.74) is 1.08. The molecule has 2 aliphatic rings. The molecular weight excluding hydrogens is 418 g/mol. The first-order valence-corrected chi connectivity index (χ1v) is 12.3. The van der Waals surface area contributed by atoms with Crippen LogP contribution in [-0.2, 0) is 6.54 Å². The molecular formula is C24H35N7S. The molecule has 2 aromatic heterocycles. The summed E-state index contributed by atoms with van der Waals surface area (Å²) in [7, 11) is 0. The van der Waals surface area contributed by atoms with Gasteiger partial charge in [-0.25, -0.2) is 0 Å². The van der Waals surface area contributed by atoms with Crippen molar-refractivity contribution >= 4 is 34.9 Å². The van der Waals surface area contributed by atoms with Gasteiger partial charge in [0.05, 0.1) is 0 Å². The Labute approximate surface area is 197 Å². The maximum absolute atomic E-state index is 5.54. The van der Waals surface area contributed by atoms with Gasteiger partial charge in [0.2, 0.25) is 5.95 Å². The van der Waals surface area contributed by atoms with Gasteiger partial charge >= 0.3 is 0 Å². The summed E-state index contributed by atoms with van der Waals surface area (Å²) < 4.78 is 0. The fourth-order valence-corrected chi connectivity index (χ4v) is 4.95. The zero-order chi connectivity index (χ0) is 22.3. The Morgan fingerprint density at radius 1 is 1.03 bits per heavy atom. The summed E-state index contributed by atoms with van der Waals surface area (Å²) in [6.45, 7) is 9.43. The van der Waals surface area contributed by atoms with Crippen LogP contribution in [0.15, 0.2) is 30.6 Å². The molecule has 0 saturated carbocycles. The van der Waals surface area contributed by atoms with E-state index in [4.69, 9.17) is 22.2 Å². The Bertz CT molecular complexity index is 873. The maximum atomic E-state index is 5.54. The Morgan fingerprint density at radius 2 is 1.72 bits per heavy atom. The van der Waals surface area contributed by atoms with E-state index in [9.17, 15) is 0 Å². The van der Waals surface area contributed by atoms with Gasteiger partial charge < -0.3 is 20.4 Å². The summed E-state index contributed by atoms with van der Waals surface area (Å²) in [5, 5.41) is 7.00. The summed E-state index contributed by atoms with van der Waals surface area (Å²) in [5.74, 6) is 3.88. The second-order valence-corrected chi connectivity index (χ2v) is 9.74. The van der Waals surface area contributed by atoms with Crippen LogP contribution in [0.2, 0.25) is 0 Å². The number of anilines is 3. The number of nitrogens with one attached hydrogen (secondary N) is 2. The monoisotopic (exact) mass is 453 g/mol. The predicted octanol–water partition coefficient (Wildman–Crippen LogP) is 4.22. The number of piperidine rings is 1. The molecule has 0 amide bonds. The van der Waals surface area contributed by atoms with Crippen molar-refractivity contribution in [3.63, 3.8) is 0 Å². The lowest BCUT2D eigenvalue weighted by Gasteiger charge is -2.36. The highest BCUT2D eigenvalue weighted by atomic mass is 32.1. The van der Waals surface area contributed by atoms with Crippen LogP contribution < -0.4 is 20.4 Å². The van der Waals surface area contributed by atoms with E-state index >= 15 is 0 Å². The zero-order valence-electron chi connectivity index (χ0n) is 19.3. The number of aromatic nitrogens is 3. The average Bonchev–Trinajstić information content (AvgIpc) is 3.07. The third-order valence-electron chi connectivity index (χ3n) is 6.22. The highest BCUT2D eigenvalue weighted by Gasteiger charge is 2.24. The Balaban J connectivity index is 1.53. The Hall–Kier alpha value is -2.48. The smallest absolute Gasteiger partial charge is 0.232 e. The van der Waals surface area contributed by atoms with Crippen LogP contribution in [0.3, 0.4) is 0 Å². The van der Waals surface area contributed by atoms with E-state index in [0.29, 0.717) is 29.4 Å². The molecule has 0 radical (unpaired) electrons. The van der Waals surface area contributed by atoms with Gasteiger partial charge in [0.15, 0.2) is 5.11 Å². The molecule has 32 heavy (non-hydrogen) atoms. The maximum Gasteiger partial charge on any atom is 0.232 e. The molecule has 0 aromatic carbocycles. The zero-order valence-corrected chi connectivity index (χ0v) is 20.1. The molecule has 2 saturated heterocycles. The van der Waals surface area contributed by atoms with Gasteiger partial charge in [-0.2, -0.15) is 9.97 Å². The van der Waals surface area contributed by atoms with Crippen molar-refractivity contribution in [2.45, 2.75) is 52.5 Å². The highest BCUT2D eigenvalue weighted by Crippen LogP contribution is 2.29. The van der Waals surface area contributed by atoms with Crippen molar-refractivity contribution in [3.8, 4) is 0 Å². The third kappa shape index (κ3) is 6.28. The molecule has 0 aliphatic carbocycles. The molecule has 0 spiro atoms. The lowest BCUT2D eigenvalue weighted by Crippen LogP contribution is -2.39. The molecule has 2 unspecified atom stereocenters. The van der Waals surface area contributed by atoms with Crippen LogP contribution in [0.25, 0.3) is 0 Å². The topological polar surface area (TPSA) is 69.2 Å². The normalized spacial score (nSPS) is 21.7. The van der Waals surface area contributed by atoms with E-state index in [-0.39, 0.29) is 0 Å². The molecule has 7 nitrogen and oxygen atoms in total. The number of hydrogen-bond acceptors (Lipinski definition) is 6. The molecule has 0 bridgehead atoms. The van der Waals surface area contributed by atoms with Crippen molar-refractivity contribution in [1.29, 1.82) is 0 Å². The fraction of sp³-hybridized carbons (Fsp3) is 0.583. The van der Waals surface area contributed by atoms with Gasteiger partial charge in [-0.15, -0.1) is 0 Å². The number of nitrogens with zero attached hydrogens (tertiary/aromatic N) is 5. The van der Waals surface area contributed by atoms with Crippen molar-refractivity contribution in [3.05, 3.63) is 36.2 Å². The van der Waals surface area contributed by atoms with Crippen LogP contribution >= 0.6 is 12.2 Å². The van der Waals surface area contributed by atoms with Gasteiger partial charge in [-0.05, 0) is 54.9 Å². The van der Waals surface area contributed by atoms with Crippen molar-refractivity contribution in [1.82, 2.24) is 20.3 Å². The van der Waals surface area contributed by atoms with Crippen molar-refractivity contribution in [2.75, 3.05) is 41.3 Å². The summed E-state index contributed by atoms with van der Waals surface area (Å²) in [6.07, 6.45) is 9.89. The SMILES string of the molecule is CC1CC(C)CN(c2cc(N3CCCCCC3)nc(NC(=S)NCc3cccnc3)n2)C1. The van der Waals surface area contributed by atoms with E-state index in [1.54, 1.807) is 6.20 Å². The van der Waals surface area contributed by atoms with Gasteiger partial charge in [0, 0.05) is 51.2 Å². The second-order valence-electron chi connectivity index (χ2n) is 9.33. The molecule has 2 atom stereocenters. The van der Waals surface area contributed by atoms with E-state index in [0.717, 1.165) is 43.4 Å². The van der Waals surface area contributed by atoms with Crippen LogP contribution in [0.1, 0.15) is 51.5 Å². The Morgan fingerprint density at radius 3 is 2.38 bits per heavy atom. The average molecular weight is 454 g/mol. The predicted molar refractivity (Wildman–Crippen MR) is 135 cm³/mol. The molecule has 4 heterocycles. The Kier molecular flexibility index (Phi) is 7.73. The lowest BCUT2D eigenvalue weighted by molar-refractivity contribution is 0.355. The van der Waals surface area contributed by atoms with Gasteiger partial charge in [0.1, 0.15) is 11.6 Å². The number of rotatable bonds is 5. The fourth-order valence-electron chi connectivity index (χ4n) is 4.78. The molecule has 2 N–H and O–H groups in total. The number of hydrogen-bond donors (Lipinski definition) is 2. The molecule has 2 aliphatic heterocycles. The van der Waals surface area contributed by atoms with E-state index in [2.05, 4.69) is 45.3 Å². The van der Waals surface area contributed by atoms with Gasteiger partial charge in [-0.1, -0.05) is 32.8 Å². The second kappa shape index (κ2) is 10.9. The first-order valence-electron chi connectivity index (χ1n) is 11.9. The van der Waals surface area contributed by atoms with Crippen LogP contribution in [0.4, 0.5) is 17.6 Å². The third-order valence-corrected chi connectivity index (χ3v) is 6.47. The minimum absolute atomic E-state index is 0.521. The van der Waals surface area contributed by atoms with Gasteiger partial charge in [-0.3, -0.25) is 4.98 Å². The van der Waals surface area contributed by atoms with Crippen LogP contribution in [-0.4, -0.2) is 46.2 Å². The number of pyridine rings is 1. The van der Waals surface area contributed by atoms with E-state index < -0.39 is 0 Å². The van der Waals surface area contributed by atoms with E-state index in [1.165, 1.54) is 32.1 Å². The highest BCUT2D eigenvalue weighted by molar-refractivity contribution is 7.80. The van der Waals surface area contributed by atoms with Crippen molar-refractivity contribution < 1.29 is 0 Å². The standard InChI is InChI=1S/C24H35N7S/c1-18-12-19(2)17-31(16-18)22-13-21(30-10-5-3-4-6-11-30)27-23(28-22)29-24(32)26-15-20-8-7-9-25-14-20/h7-9,13-14,18-19H,3-6,10-12,15-17H2,1-2H3,(H2,26,27,28,29,32). The molecule has 172 valence electrons. The summed E-state index contributed by atoms with van der Waals surface area (Å²) in [6, 6.07) is 6.12.